The van der Waals surface area contributed by atoms with Gasteiger partial charge in [-0.3, -0.25) is 4.79 Å². The average Bonchev–Trinajstić information content (AvgIpc) is 2.55. The minimum absolute atomic E-state index is 0.0655. The highest BCUT2D eigenvalue weighted by Crippen LogP contribution is 2.24. The fourth-order valence-corrected chi connectivity index (χ4v) is 3.07. The first kappa shape index (κ1) is 18.8. The number of halogens is 2. The van der Waals surface area contributed by atoms with Crippen molar-refractivity contribution in [3.8, 4) is 0 Å². The minimum atomic E-state index is -0.0655. The molecule has 2 aromatic rings. The lowest BCUT2D eigenvalue weighted by Gasteiger charge is -2.22. The molecule has 0 saturated heterocycles. The van der Waals surface area contributed by atoms with Gasteiger partial charge in [-0.15, -0.1) is 0 Å². The molecule has 0 spiro atoms. The predicted molar refractivity (Wildman–Crippen MR) is 99.9 cm³/mol. The van der Waals surface area contributed by atoms with Crippen molar-refractivity contribution in [1.29, 1.82) is 0 Å². The van der Waals surface area contributed by atoms with Gasteiger partial charge >= 0.3 is 0 Å². The highest BCUT2D eigenvalue weighted by molar-refractivity contribution is 6.36. The first-order valence-electron chi connectivity index (χ1n) is 8.01. The van der Waals surface area contributed by atoms with E-state index < -0.39 is 0 Å². The summed E-state index contributed by atoms with van der Waals surface area (Å²) in [7, 11) is 4.20. The van der Waals surface area contributed by atoms with Gasteiger partial charge in [0.25, 0.3) is 0 Å². The first-order valence-corrected chi connectivity index (χ1v) is 8.76. The van der Waals surface area contributed by atoms with Gasteiger partial charge in [-0.1, -0.05) is 59.6 Å². The topological polar surface area (TPSA) is 33.5 Å². The van der Waals surface area contributed by atoms with E-state index in [2.05, 4.69) is 31.5 Å². The minimum Gasteiger partial charge on any atom is -0.350 e. The number of rotatable bonds is 7. The van der Waals surface area contributed by atoms with Gasteiger partial charge in [0.15, 0.2) is 0 Å². The summed E-state index contributed by atoms with van der Waals surface area (Å²) in [6.07, 6.45) is 1.11. The van der Waals surface area contributed by atoms with E-state index in [1.165, 1.54) is 10.5 Å². The van der Waals surface area contributed by atoms with Crippen LogP contribution in [0, 0.1) is 0 Å². The van der Waals surface area contributed by atoms with Gasteiger partial charge < -0.3 is 10.2 Å². The Balaban J connectivity index is 1.93. The summed E-state index contributed by atoms with van der Waals surface area (Å²) < 4.78 is 0. The van der Waals surface area contributed by atoms with Crippen LogP contribution >= 0.6 is 23.2 Å². The molecule has 0 fully saturated rings. The second-order valence-electron chi connectivity index (χ2n) is 6.15. The van der Waals surface area contributed by atoms with Crippen LogP contribution in [0.25, 0.3) is 0 Å². The molecule has 2 N–H and O–H groups in total. The number of amides is 1. The number of hydrogen-bond acceptors (Lipinski definition) is 1. The van der Waals surface area contributed by atoms with Gasteiger partial charge in [0.2, 0.25) is 5.91 Å². The molecule has 0 unspecified atom stereocenters. The lowest BCUT2D eigenvalue weighted by Crippen LogP contribution is -3.11. The van der Waals surface area contributed by atoms with Crippen LogP contribution < -0.4 is 10.2 Å². The van der Waals surface area contributed by atoms with E-state index in [1.807, 2.05) is 18.2 Å². The molecule has 5 heteroatoms. The van der Waals surface area contributed by atoms with Crippen LogP contribution in [0.4, 0.5) is 0 Å². The lowest BCUT2D eigenvalue weighted by atomic mass is 10.0. The number of carbonyl (C=O) groups is 1. The fourth-order valence-electron chi connectivity index (χ4n) is 2.54. The summed E-state index contributed by atoms with van der Waals surface area (Å²) in [5.74, 6) is -0.0655. The molecule has 0 aliphatic carbocycles. The Hall–Kier alpha value is -1.55. The fraction of sp³-hybridized carbons (Fsp3) is 0.316. The van der Waals surface area contributed by atoms with Crippen LogP contribution in [-0.2, 0) is 17.6 Å². The van der Waals surface area contributed by atoms with Crippen LogP contribution in [0.5, 0.6) is 0 Å². The Morgan fingerprint density at radius 3 is 2.25 bits per heavy atom. The summed E-state index contributed by atoms with van der Waals surface area (Å²) in [5, 5.41) is 4.06. The molecule has 0 heterocycles. The maximum atomic E-state index is 12.3. The van der Waals surface area contributed by atoms with Crippen molar-refractivity contribution < 1.29 is 9.69 Å². The Kier molecular flexibility index (Phi) is 7.10. The normalized spacial score (nSPS) is 12.2. The quantitative estimate of drug-likeness (QED) is 0.775. The second kappa shape index (κ2) is 9.07. The second-order valence-corrected chi connectivity index (χ2v) is 6.96. The molecule has 2 rings (SSSR count). The molecule has 0 saturated carbocycles. The van der Waals surface area contributed by atoms with Crippen molar-refractivity contribution >= 4 is 29.1 Å². The number of benzene rings is 2. The highest BCUT2D eigenvalue weighted by Gasteiger charge is 2.18. The number of nitrogens with one attached hydrogen (secondary N) is 2. The molecule has 1 atom stereocenters. The number of hydrogen-bond donors (Lipinski definition) is 2. The highest BCUT2D eigenvalue weighted by atomic mass is 35.5. The molecular formula is C19H23Cl2N2O+. The van der Waals surface area contributed by atoms with Gasteiger partial charge in [0, 0.05) is 16.5 Å². The smallest absolute Gasteiger partial charge is 0.224 e. The third-order valence-corrected chi connectivity index (χ3v) is 4.79. The number of quaternary nitrogens is 1. The van der Waals surface area contributed by atoms with E-state index in [-0.39, 0.29) is 12.3 Å². The molecule has 1 amide bonds. The van der Waals surface area contributed by atoms with E-state index in [4.69, 9.17) is 23.2 Å². The van der Waals surface area contributed by atoms with Crippen molar-refractivity contribution in [2.75, 3.05) is 20.6 Å². The zero-order chi connectivity index (χ0) is 17.5. The maximum absolute atomic E-state index is 12.3. The molecule has 0 radical (unpaired) electrons. The van der Waals surface area contributed by atoms with E-state index in [0.29, 0.717) is 28.2 Å². The molecule has 2 aromatic carbocycles. The van der Waals surface area contributed by atoms with Gasteiger partial charge in [0.05, 0.1) is 27.1 Å². The van der Waals surface area contributed by atoms with Gasteiger partial charge in [-0.2, -0.15) is 0 Å². The van der Waals surface area contributed by atoms with E-state index >= 15 is 0 Å². The summed E-state index contributed by atoms with van der Waals surface area (Å²) in [6.45, 7) is 0.609. The SMILES string of the molecule is C[NH+](C)[C@H](CNC(=O)Cc1c(Cl)cccc1Cl)Cc1ccccc1. The molecule has 0 bridgehead atoms. The van der Waals surface area contributed by atoms with Crippen LogP contribution in [-0.4, -0.2) is 32.6 Å². The van der Waals surface area contributed by atoms with Crippen molar-refractivity contribution in [2.45, 2.75) is 18.9 Å². The largest absolute Gasteiger partial charge is 0.350 e. The molecule has 3 nitrogen and oxygen atoms in total. The predicted octanol–water partition coefficient (Wildman–Crippen LogP) is 2.41. The molecule has 0 aromatic heterocycles. The Morgan fingerprint density at radius 2 is 1.67 bits per heavy atom. The molecule has 0 aliphatic rings. The zero-order valence-electron chi connectivity index (χ0n) is 14.0. The Morgan fingerprint density at radius 1 is 1.04 bits per heavy atom. The summed E-state index contributed by atoms with van der Waals surface area (Å²) >= 11 is 12.3. The van der Waals surface area contributed by atoms with Gasteiger partial charge in [0.1, 0.15) is 6.04 Å². The van der Waals surface area contributed by atoms with Crippen LogP contribution in [0.15, 0.2) is 48.5 Å². The number of likely N-dealkylation sites (N-methyl/N-ethyl adjacent to an activating group) is 1. The summed E-state index contributed by atoms with van der Waals surface area (Å²) in [5.41, 5.74) is 1.95. The summed E-state index contributed by atoms with van der Waals surface area (Å²) in [6, 6.07) is 15.9. The molecule has 128 valence electrons. The van der Waals surface area contributed by atoms with Crippen molar-refractivity contribution in [1.82, 2.24) is 5.32 Å². The number of carbonyl (C=O) groups excluding carboxylic acids is 1. The molecular weight excluding hydrogens is 343 g/mol. The Bertz CT molecular complexity index is 654. The van der Waals surface area contributed by atoms with E-state index in [1.54, 1.807) is 18.2 Å². The first-order chi connectivity index (χ1) is 11.5. The molecule has 24 heavy (non-hydrogen) atoms. The van der Waals surface area contributed by atoms with E-state index in [9.17, 15) is 4.79 Å². The molecule has 0 aliphatic heterocycles. The van der Waals surface area contributed by atoms with E-state index in [0.717, 1.165) is 6.42 Å². The summed E-state index contributed by atoms with van der Waals surface area (Å²) in [4.78, 5) is 13.6. The van der Waals surface area contributed by atoms with Crippen LogP contribution in [0.3, 0.4) is 0 Å². The maximum Gasteiger partial charge on any atom is 0.224 e. The zero-order valence-corrected chi connectivity index (χ0v) is 15.5. The van der Waals surface area contributed by atoms with Crippen molar-refractivity contribution in [3.63, 3.8) is 0 Å². The monoisotopic (exact) mass is 365 g/mol. The lowest BCUT2D eigenvalue weighted by molar-refractivity contribution is -0.884. The third-order valence-electron chi connectivity index (χ3n) is 4.09. The standard InChI is InChI=1S/C19H22Cl2N2O/c1-23(2)15(11-14-7-4-3-5-8-14)13-22-19(24)12-16-17(20)9-6-10-18(16)21/h3-10,15H,11-13H2,1-2H3,(H,22,24)/p+1/t15-/m0/s1. The van der Waals surface area contributed by atoms with Crippen molar-refractivity contribution in [3.05, 3.63) is 69.7 Å². The van der Waals surface area contributed by atoms with Crippen molar-refractivity contribution in [2.24, 2.45) is 0 Å². The average molecular weight is 366 g/mol. The third kappa shape index (κ3) is 5.52. The van der Waals surface area contributed by atoms with Gasteiger partial charge in [-0.25, -0.2) is 0 Å². The van der Waals surface area contributed by atoms with Gasteiger partial charge in [-0.05, 0) is 23.3 Å². The Labute approximate surface area is 153 Å². The van der Waals surface area contributed by atoms with Crippen LogP contribution in [0.1, 0.15) is 11.1 Å². The van der Waals surface area contributed by atoms with Crippen LogP contribution in [0.2, 0.25) is 10.0 Å².